The van der Waals surface area contributed by atoms with Gasteiger partial charge in [0, 0.05) is 24.7 Å². The molecule has 1 aliphatic heterocycles. The van der Waals surface area contributed by atoms with Gasteiger partial charge in [-0.3, -0.25) is 0 Å². The number of hydrogen-bond acceptors (Lipinski definition) is 5. The zero-order valence-corrected chi connectivity index (χ0v) is 10.00. The van der Waals surface area contributed by atoms with Gasteiger partial charge in [-0.2, -0.15) is 0 Å². The molecule has 1 atom stereocenters. The number of ether oxygens (including phenoxy) is 1. The molecule has 1 N–H and O–H groups in total. The van der Waals surface area contributed by atoms with E-state index in [1.54, 1.807) is 24.5 Å². The van der Waals surface area contributed by atoms with Crippen molar-refractivity contribution in [1.82, 2.24) is 10.3 Å². The lowest BCUT2D eigenvalue weighted by atomic mass is 10.3. The number of amides is 1. The number of thiazole rings is 1. The van der Waals surface area contributed by atoms with E-state index in [0.29, 0.717) is 6.61 Å². The van der Waals surface area contributed by atoms with Gasteiger partial charge in [0.15, 0.2) is 5.13 Å². The van der Waals surface area contributed by atoms with E-state index in [9.17, 15) is 4.79 Å². The van der Waals surface area contributed by atoms with Crippen molar-refractivity contribution in [2.24, 2.45) is 0 Å². The molecule has 2 heterocycles. The van der Waals surface area contributed by atoms with E-state index in [1.807, 2.05) is 5.38 Å². The second kappa shape index (κ2) is 5.16. The molecule has 0 saturated carbocycles. The first kappa shape index (κ1) is 11.2. The van der Waals surface area contributed by atoms with Crippen molar-refractivity contribution in [2.75, 3.05) is 24.6 Å². The van der Waals surface area contributed by atoms with Gasteiger partial charge < -0.3 is 15.0 Å². The monoisotopic (exact) mass is 241 g/mol. The molecular formula is C10H15N3O2S. The summed E-state index contributed by atoms with van der Waals surface area (Å²) >= 11 is 1.62. The highest BCUT2D eigenvalue weighted by Crippen LogP contribution is 2.22. The Hall–Kier alpha value is -1.30. The summed E-state index contributed by atoms with van der Waals surface area (Å²) in [6.45, 7) is 3.96. The number of nitrogens with zero attached hydrogens (tertiary/aromatic N) is 2. The van der Waals surface area contributed by atoms with Gasteiger partial charge in [0.05, 0.1) is 12.6 Å². The van der Waals surface area contributed by atoms with Gasteiger partial charge in [-0.25, -0.2) is 9.78 Å². The van der Waals surface area contributed by atoms with Gasteiger partial charge in [-0.15, -0.1) is 11.3 Å². The zero-order valence-electron chi connectivity index (χ0n) is 9.18. The molecule has 1 saturated heterocycles. The topological polar surface area (TPSA) is 54.5 Å². The summed E-state index contributed by atoms with van der Waals surface area (Å²) in [7, 11) is 0. The molecule has 1 amide bonds. The Kier molecular flexibility index (Phi) is 3.61. The smallest absolute Gasteiger partial charge is 0.407 e. The molecule has 0 radical (unpaired) electrons. The highest BCUT2D eigenvalue weighted by atomic mass is 32.1. The highest BCUT2D eigenvalue weighted by Gasteiger charge is 2.25. The fourth-order valence-corrected chi connectivity index (χ4v) is 2.44. The summed E-state index contributed by atoms with van der Waals surface area (Å²) in [6.07, 6.45) is 2.42. The van der Waals surface area contributed by atoms with Gasteiger partial charge in [0.2, 0.25) is 0 Å². The molecule has 5 nitrogen and oxygen atoms in total. The summed E-state index contributed by atoms with van der Waals surface area (Å²) in [6, 6.07) is 0.169. The summed E-state index contributed by atoms with van der Waals surface area (Å²) in [5, 5.41) is 5.83. The maximum absolute atomic E-state index is 11.2. The lowest BCUT2D eigenvalue weighted by Crippen LogP contribution is -2.37. The second-order valence-corrected chi connectivity index (χ2v) is 4.48. The Balaban J connectivity index is 1.82. The van der Waals surface area contributed by atoms with Gasteiger partial charge in [-0.1, -0.05) is 0 Å². The fourth-order valence-electron chi connectivity index (χ4n) is 1.76. The van der Waals surface area contributed by atoms with Crippen molar-refractivity contribution in [1.29, 1.82) is 0 Å². The Morgan fingerprint density at radius 3 is 3.38 bits per heavy atom. The predicted octanol–water partition coefficient (Wildman–Crippen LogP) is 1.47. The summed E-state index contributed by atoms with van der Waals surface area (Å²) in [4.78, 5) is 17.7. The number of nitrogens with one attached hydrogen (secondary N) is 1. The van der Waals surface area contributed by atoms with Gasteiger partial charge in [0.1, 0.15) is 0 Å². The third-order valence-electron chi connectivity index (χ3n) is 2.48. The van der Waals surface area contributed by atoms with Crippen molar-refractivity contribution in [3.05, 3.63) is 11.6 Å². The molecule has 0 aromatic carbocycles. The zero-order chi connectivity index (χ0) is 11.4. The third kappa shape index (κ3) is 2.63. The molecule has 0 bridgehead atoms. The lowest BCUT2D eigenvalue weighted by Gasteiger charge is -2.15. The van der Waals surface area contributed by atoms with E-state index >= 15 is 0 Å². The molecule has 0 unspecified atom stereocenters. The minimum atomic E-state index is -0.325. The van der Waals surface area contributed by atoms with E-state index in [-0.39, 0.29) is 12.1 Å². The number of rotatable bonds is 3. The first-order valence-corrected chi connectivity index (χ1v) is 6.25. The second-order valence-electron chi connectivity index (χ2n) is 3.61. The standard InChI is InChI=1S/C10H15N3O2S/c1-2-15-10(14)12-8-3-5-13(7-8)9-11-4-6-16-9/h4,6,8H,2-3,5,7H2,1H3,(H,12,14)/t8-/m1/s1. The maximum atomic E-state index is 11.2. The van der Waals surface area contributed by atoms with Crippen LogP contribution in [0.4, 0.5) is 9.93 Å². The van der Waals surface area contributed by atoms with Crippen molar-refractivity contribution >= 4 is 22.6 Å². The number of anilines is 1. The lowest BCUT2D eigenvalue weighted by molar-refractivity contribution is 0.149. The normalized spacial score (nSPS) is 19.8. The largest absolute Gasteiger partial charge is 0.450 e. The minimum absolute atomic E-state index is 0.169. The van der Waals surface area contributed by atoms with Crippen molar-refractivity contribution < 1.29 is 9.53 Å². The molecule has 1 aromatic rings. The SMILES string of the molecule is CCOC(=O)N[C@@H]1CCN(c2nccs2)C1. The van der Waals surface area contributed by atoms with Crippen LogP contribution < -0.4 is 10.2 Å². The van der Waals surface area contributed by atoms with Crippen LogP contribution in [0.25, 0.3) is 0 Å². The number of carbonyl (C=O) groups is 1. The Morgan fingerprint density at radius 1 is 1.81 bits per heavy atom. The average molecular weight is 241 g/mol. The van der Waals surface area contributed by atoms with Crippen LogP contribution in [0.3, 0.4) is 0 Å². The highest BCUT2D eigenvalue weighted by molar-refractivity contribution is 7.13. The van der Waals surface area contributed by atoms with E-state index < -0.39 is 0 Å². The first-order valence-electron chi connectivity index (χ1n) is 5.37. The third-order valence-corrected chi connectivity index (χ3v) is 3.31. The molecule has 6 heteroatoms. The van der Waals surface area contributed by atoms with Crippen molar-refractivity contribution in [3.63, 3.8) is 0 Å². The van der Waals surface area contributed by atoms with E-state index in [1.165, 1.54) is 0 Å². The predicted molar refractivity (Wildman–Crippen MR) is 62.9 cm³/mol. The van der Waals surface area contributed by atoms with Crippen LogP contribution in [-0.4, -0.2) is 36.8 Å². The summed E-state index contributed by atoms with van der Waals surface area (Å²) < 4.78 is 4.85. The molecule has 0 spiro atoms. The Bertz CT molecular complexity index is 342. The number of hydrogen-bond donors (Lipinski definition) is 1. The molecule has 1 aromatic heterocycles. The van der Waals surface area contributed by atoms with E-state index in [4.69, 9.17) is 4.74 Å². The van der Waals surface area contributed by atoms with Gasteiger partial charge in [-0.05, 0) is 13.3 Å². The van der Waals surface area contributed by atoms with Crippen LogP contribution in [0.5, 0.6) is 0 Å². The quantitative estimate of drug-likeness (QED) is 0.870. The van der Waals surface area contributed by atoms with Crippen LogP contribution >= 0.6 is 11.3 Å². The molecule has 1 fully saturated rings. The molecule has 2 rings (SSSR count). The minimum Gasteiger partial charge on any atom is -0.450 e. The Labute approximate surface area is 98.4 Å². The van der Waals surface area contributed by atoms with Gasteiger partial charge in [0.25, 0.3) is 0 Å². The van der Waals surface area contributed by atoms with Crippen LogP contribution in [0, 0.1) is 0 Å². The molecule has 88 valence electrons. The maximum Gasteiger partial charge on any atom is 0.407 e. The number of aromatic nitrogens is 1. The molecule has 16 heavy (non-hydrogen) atoms. The van der Waals surface area contributed by atoms with Crippen LogP contribution in [0.15, 0.2) is 11.6 Å². The summed E-state index contributed by atoms with van der Waals surface area (Å²) in [5.41, 5.74) is 0. The molecule has 0 aliphatic carbocycles. The summed E-state index contributed by atoms with van der Waals surface area (Å²) in [5.74, 6) is 0. The van der Waals surface area contributed by atoms with Crippen LogP contribution in [0.1, 0.15) is 13.3 Å². The first-order chi connectivity index (χ1) is 7.79. The van der Waals surface area contributed by atoms with E-state index in [0.717, 1.165) is 24.6 Å². The molecule has 1 aliphatic rings. The van der Waals surface area contributed by atoms with E-state index in [2.05, 4.69) is 15.2 Å². The fraction of sp³-hybridized carbons (Fsp3) is 0.600. The Morgan fingerprint density at radius 2 is 2.69 bits per heavy atom. The molecular weight excluding hydrogens is 226 g/mol. The number of alkyl carbamates (subject to hydrolysis) is 1. The van der Waals surface area contributed by atoms with Crippen LogP contribution in [0.2, 0.25) is 0 Å². The number of carbonyl (C=O) groups excluding carboxylic acids is 1. The van der Waals surface area contributed by atoms with Crippen molar-refractivity contribution in [2.45, 2.75) is 19.4 Å². The average Bonchev–Trinajstić information content (AvgIpc) is 2.86. The van der Waals surface area contributed by atoms with Crippen molar-refractivity contribution in [3.8, 4) is 0 Å². The van der Waals surface area contributed by atoms with Crippen LogP contribution in [-0.2, 0) is 4.74 Å². The van der Waals surface area contributed by atoms with Gasteiger partial charge >= 0.3 is 6.09 Å².